The fourth-order valence-electron chi connectivity index (χ4n) is 2.25. The van der Waals surface area contributed by atoms with E-state index in [1.54, 1.807) is 0 Å². The molecule has 0 saturated heterocycles. The topological polar surface area (TPSA) is 61.0 Å². The van der Waals surface area contributed by atoms with Crippen molar-refractivity contribution in [3.8, 4) is 11.6 Å². The lowest BCUT2D eigenvalue weighted by Crippen LogP contribution is -2.01. The lowest BCUT2D eigenvalue weighted by atomic mass is 10.2. The van der Waals surface area contributed by atoms with Gasteiger partial charge in [0.25, 0.3) is 0 Å². The van der Waals surface area contributed by atoms with Gasteiger partial charge in [-0.1, -0.05) is 24.3 Å². The van der Waals surface area contributed by atoms with Crippen molar-refractivity contribution in [2.24, 2.45) is 5.73 Å². The van der Waals surface area contributed by atoms with E-state index < -0.39 is 0 Å². The van der Waals surface area contributed by atoms with Gasteiger partial charge < -0.3 is 10.5 Å². The molecule has 0 spiro atoms. The van der Waals surface area contributed by atoms with Gasteiger partial charge in [-0.25, -0.2) is 9.97 Å². The number of ether oxygens (including phenoxy) is 1. The molecule has 0 radical (unpaired) electrons. The molecule has 0 saturated carbocycles. The van der Waals surface area contributed by atoms with E-state index in [-0.39, 0.29) is 0 Å². The van der Waals surface area contributed by atoms with Gasteiger partial charge in [-0.3, -0.25) is 0 Å². The predicted octanol–water partition coefficient (Wildman–Crippen LogP) is 3.50. The number of aromatic nitrogens is 2. The van der Waals surface area contributed by atoms with Crippen LogP contribution in [0.25, 0.3) is 10.9 Å². The van der Waals surface area contributed by atoms with E-state index >= 15 is 0 Å². The number of aryl methyl sites for hydroxylation is 2. The summed E-state index contributed by atoms with van der Waals surface area (Å²) in [7, 11) is 0. The molecule has 0 aliphatic carbocycles. The molecule has 2 N–H and O–H groups in total. The van der Waals surface area contributed by atoms with E-state index in [4.69, 9.17) is 10.5 Å². The summed E-state index contributed by atoms with van der Waals surface area (Å²) in [6.07, 6.45) is 0. The highest BCUT2D eigenvalue weighted by Gasteiger charge is 2.07. The van der Waals surface area contributed by atoms with Crippen LogP contribution in [0.5, 0.6) is 11.6 Å². The maximum Gasteiger partial charge on any atom is 0.219 e. The molecule has 106 valence electrons. The maximum absolute atomic E-state index is 5.91. The van der Waals surface area contributed by atoms with Crippen molar-refractivity contribution in [3.63, 3.8) is 0 Å². The summed E-state index contributed by atoms with van der Waals surface area (Å²) in [6, 6.07) is 13.7. The quantitative estimate of drug-likeness (QED) is 0.797. The molecule has 2 aromatic heterocycles. The Labute approximate surface area is 123 Å². The zero-order valence-corrected chi connectivity index (χ0v) is 12.1. The average molecular weight is 279 g/mol. The highest BCUT2D eigenvalue weighted by Crippen LogP contribution is 2.28. The zero-order chi connectivity index (χ0) is 14.8. The lowest BCUT2D eigenvalue weighted by molar-refractivity contribution is 0.465. The Morgan fingerprint density at radius 3 is 2.62 bits per heavy atom. The Balaban J connectivity index is 2.01. The second-order valence-electron chi connectivity index (χ2n) is 4.98. The van der Waals surface area contributed by atoms with Crippen LogP contribution in [0, 0.1) is 13.8 Å². The summed E-state index contributed by atoms with van der Waals surface area (Å²) in [6.45, 7) is 4.38. The fourth-order valence-corrected chi connectivity index (χ4v) is 2.25. The van der Waals surface area contributed by atoms with Crippen LogP contribution in [-0.4, -0.2) is 9.97 Å². The molecule has 0 fully saturated rings. The molecule has 0 amide bonds. The standard InChI is InChI=1S/C17H17N3O/c1-11-6-7-13-4-3-5-15(17(13)19-11)21-16-9-8-14(10-18)12(2)20-16/h3-9H,10,18H2,1-2H3. The van der Waals surface area contributed by atoms with E-state index in [9.17, 15) is 0 Å². The van der Waals surface area contributed by atoms with E-state index in [0.717, 1.165) is 27.9 Å². The van der Waals surface area contributed by atoms with Gasteiger partial charge in [0, 0.05) is 29.4 Å². The van der Waals surface area contributed by atoms with Crippen molar-refractivity contribution in [2.45, 2.75) is 20.4 Å². The molecule has 0 aliphatic rings. The molecule has 0 unspecified atom stereocenters. The van der Waals surface area contributed by atoms with E-state index in [1.807, 2.05) is 56.3 Å². The van der Waals surface area contributed by atoms with E-state index in [1.165, 1.54) is 0 Å². The molecule has 0 aliphatic heterocycles. The minimum atomic E-state index is 0.480. The maximum atomic E-state index is 5.91. The molecule has 2 heterocycles. The second kappa shape index (κ2) is 5.50. The Morgan fingerprint density at radius 2 is 1.86 bits per heavy atom. The summed E-state index contributed by atoms with van der Waals surface area (Å²) < 4.78 is 5.91. The Bertz CT molecular complexity index is 799. The van der Waals surface area contributed by atoms with Gasteiger partial charge in [-0.05, 0) is 31.5 Å². The van der Waals surface area contributed by atoms with Crippen LogP contribution in [0.3, 0.4) is 0 Å². The van der Waals surface area contributed by atoms with Crippen LogP contribution in [0.4, 0.5) is 0 Å². The molecular weight excluding hydrogens is 262 g/mol. The predicted molar refractivity (Wildman–Crippen MR) is 83.4 cm³/mol. The van der Waals surface area contributed by atoms with Crippen LogP contribution in [0.15, 0.2) is 42.5 Å². The largest absolute Gasteiger partial charge is 0.437 e. The van der Waals surface area contributed by atoms with Crippen molar-refractivity contribution in [3.05, 3.63) is 59.4 Å². The van der Waals surface area contributed by atoms with Gasteiger partial charge in [-0.15, -0.1) is 0 Å². The average Bonchev–Trinajstić information content (AvgIpc) is 2.48. The number of benzene rings is 1. The number of rotatable bonds is 3. The van der Waals surface area contributed by atoms with E-state index in [0.29, 0.717) is 18.2 Å². The van der Waals surface area contributed by atoms with Gasteiger partial charge >= 0.3 is 0 Å². The van der Waals surface area contributed by atoms with Crippen molar-refractivity contribution in [1.82, 2.24) is 9.97 Å². The van der Waals surface area contributed by atoms with E-state index in [2.05, 4.69) is 9.97 Å². The summed E-state index contributed by atoms with van der Waals surface area (Å²) in [4.78, 5) is 8.99. The van der Waals surface area contributed by atoms with Crippen LogP contribution >= 0.6 is 0 Å². The monoisotopic (exact) mass is 279 g/mol. The Morgan fingerprint density at radius 1 is 1.00 bits per heavy atom. The van der Waals surface area contributed by atoms with Crippen LogP contribution in [-0.2, 0) is 6.54 Å². The zero-order valence-electron chi connectivity index (χ0n) is 12.1. The molecule has 4 heteroatoms. The Hall–Kier alpha value is -2.46. The molecule has 21 heavy (non-hydrogen) atoms. The number of nitrogens with two attached hydrogens (primary N) is 1. The number of hydrogen-bond donors (Lipinski definition) is 1. The molecule has 1 aromatic carbocycles. The van der Waals surface area contributed by atoms with Gasteiger partial charge in [0.2, 0.25) is 5.88 Å². The molecule has 0 bridgehead atoms. The first kappa shape index (κ1) is 13.5. The van der Waals surface area contributed by atoms with Crippen molar-refractivity contribution in [2.75, 3.05) is 0 Å². The van der Waals surface area contributed by atoms with Gasteiger partial charge in [0.05, 0.1) is 0 Å². The highest BCUT2D eigenvalue weighted by atomic mass is 16.5. The van der Waals surface area contributed by atoms with Gasteiger partial charge in [0.15, 0.2) is 5.75 Å². The number of hydrogen-bond acceptors (Lipinski definition) is 4. The third kappa shape index (κ3) is 2.71. The SMILES string of the molecule is Cc1ccc2cccc(Oc3ccc(CN)c(C)n3)c2n1. The summed E-state index contributed by atoms with van der Waals surface area (Å²) in [5, 5.41) is 1.05. The van der Waals surface area contributed by atoms with Gasteiger partial charge in [0.1, 0.15) is 5.52 Å². The Kier molecular flexibility index (Phi) is 3.54. The first-order chi connectivity index (χ1) is 10.2. The van der Waals surface area contributed by atoms with Crippen molar-refractivity contribution in [1.29, 1.82) is 0 Å². The third-order valence-electron chi connectivity index (χ3n) is 3.43. The summed E-state index contributed by atoms with van der Waals surface area (Å²) in [5.41, 5.74) is 9.37. The minimum Gasteiger partial charge on any atom is -0.437 e. The minimum absolute atomic E-state index is 0.480. The summed E-state index contributed by atoms with van der Waals surface area (Å²) >= 11 is 0. The molecular formula is C17H17N3O. The fraction of sp³-hybridized carbons (Fsp3) is 0.176. The molecule has 3 aromatic rings. The number of para-hydroxylation sites is 1. The van der Waals surface area contributed by atoms with Gasteiger partial charge in [-0.2, -0.15) is 0 Å². The molecule has 0 atom stereocenters. The highest BCUT2D eigenvalue weighted by molar-refractivity contribution is 5.84. The summed E-state index contributed by atoms with van der Waals surface area (Å²) in [5.74, 6) is 1.27. The number of pyridine rings is 2. The van der Waals surface area contributed by atoms with Crippen molar-refractivity contribution >= 4 is 10.9 Å². The lowest BCUT2D eigenvalue weighted by Gasteiger charge is -2.10. The first-order valence-corrected chi connectivity index (χ1v) is 6.88. The normalized spacial score (nSPS) is 10.8. The second-order valence-corrected chi connectivity index (χ2v) is 4.98. The first-order valence-electron chi connectivity index (χ1n) is 6.88. The number of fused-ring (bicyclic) bond motifs is 1. The van der Waals surface area contributed by atoms with Crippen LogP contribution in [0.2, 0.25) is 0 Å². The van der Waals surface area contributed by atoms with Crippen LogP contribution in [0.1, 0.15) is 17.0 Å². The molecule has 3 rings (SSSR count). The smallest absolute Gasteiger partial charge is 0.219 e. The number of nitrogens with zero attached hydrogens (tertiary/aromatic N) is 2. The third-order valence-corrected chi connectivity index (χ3v) is 3.43. The van der Waals surface area contributed by atoms with Crippen LogP contribution < -0.4 is 10.5 Å². The molecule has 4 nitrogen and oxygen atoms in total. The van der Waals surface area contributed by atoms with Crippen molar-refractivity contribution < 1.29 is 4.74 Å².